The van der Waals surface area contributed by atoms with Crippen LogP contribution >= 0.6 is 11.6 Å². The quantitative estimate of drug-likeness (QED) is 0.770. The summed E-state index contributed by atoms with van der Waals surface area (Å²) in [5.41, 5.74) is 3.43. The minimum absolute atomic E-state index is 0.787. The Kier molecular flexibility index (Phi) is 5.71. The molecule has 0 aliphatic rings. The third kappa shape index (κ3) is 4.26. The second-order valence-electron chi connectivity index (χ2n) is 5.32. The molecule has 21 heavy (non-hydrogen) atoms. The van der Waals surface area contributed by atoms with Crippen LogP contribution in [0.5, 0.6) is 0 Å². The van der Waals surface area contributed by atoms with Crippen LogP contribution in [0.4, 0.5) is 5.69 Å². The molecule has 0 radical (unpaired) electrons. The summed E-state index contributed by atoms with van der Waals surface area (Å²) in [6.45, 7) is 6.82. The van der Waals surface area contributed by atoms with Crippen molar-refractivity contribution in [3.8, 4) is 0 Å². The van der Waals surface area contributed by atoms with Gasteiger partial charge in [0.25, 0.3) is 0 Å². The summed E-state index contributed by atoms with van der Waals surface area (Å²) in [5.74, 6) is 0.957. The summed E-state index contributed by atoms with van der Waals surface area (Å²) in [6.07, 6.45) is 2.86. The van der Waals surface area contributed by atoms with E-state index in [1.807, 2.05) is 26.1 Å². The molecule has 2 rings (SSSR count). The van der Waals surface area contributed by atoms with Gasteiger partial charge in [0.1, 0.15) is 5.76 Å². The van der Waals surface area contributed by atoms with E-state index in [1.165, 1.54) is 11.1 Å². The number of rotatable bonds is 7. The summed E-state index contributed by atoms with van der Waals surface area (Å²) in [6, 6.07) is 8.25. The van der Waals surface area contributed by atoms with Gasteiger partial charge >= 0.3 is 0 Å². The molecule has 0 saturated heterocycles. The average molecular weight is 307 g/mol. The third-order valence-corrected chi connectivity index (χ3v) is 3.86. The Morgan fingerprint density at radius 1 is 1.29 bits per heavy atom. The molecule has 0 aliphatic heterocycles. The van der Waals surface area contributed by atoms with E-state index in [1.54, 1.807) is 6.26 Å². The van der Waals surface area contributed by atoms with Gasteiger partial charge in [0, 0.05) is 25.7 Å². The monoisotopic (exact) mass is 306 g/mol. The molecular formula is C17H23ClN2O. The predicted molar refractivity (Wildman–Crippen MR) is 89.0 cm³/mol. The Balaban J connectivity index is 2.04. The van der Waals surface area contributed by atoms with Gasteiger partial charge in [-0.05, 0) is 43.7 Å². The van der Waals surface area contributed by atoms with Gasteiger partial charge in [0.05, 0.1) is 17.0 Å². The van der Waals surface area contributed by atoms with Crippen LogP contribution in [-0.2, 0) is 13.1 Å². The molecule has 1 N–H and O–H groups in total. The lowest BCUT2D eigenvalue weighted by Gasteiger charge is -2.21. The highest BCUT2D eigenvalue weighted by atomic mass is 35.5. The maximum absolute atomic E-state index is 6.42. The predicted octanol–water partition coefficient (Wildman–Crippen LogP) is 4.38. The maximum Gasteiger partial charge on any atom is 0.105 e. The first-order chi connectivity index (χ1) is 10.1. The standard InChI is InChI=1S/C17H23ClN2O/c1-4-8-19-11-14-5-6-17(16(18)10-14)20(3)12-15-7-9-21-13(15)2/h5-7,9-10,19H,4,8,11-12H2,1-3H3. The molecule has 3 nitrogen and oxygen atoms in total. The van der Waals surface area contributed by atoms with Gasteiger partial charge in [-0.1, -0.05) is 24.6 Å². The largest absolute Gasteiger partial charge is 0.469 e. The fraction of sp³-hybridized carbons (Fsp3) is 0.412. The number of nitrogens with one attached hydrogen (secondary N) is 1. The van der Waals surface area contributed by atoms with Crippen LogP contribution in [0.1, 0.15) is 30.2 Å². The molecule has 1 heterocycles. The molecule has 114 valence electrons. The minimum Gasteiger partial charge on any atom is -0.469 e. The zero-order valence-corrected chi connectivity index (χ0v) is 13.7. The highest BCUT2D eigenvalue weighted by Gasteiger charge is 2.10. The molecule has 2 aromatic rings. The van der Waals surface area contributed by atoms with Gasteiger partial charge in [-0.3, -0.25) is 0 Å². The van der Waals surface area contributed by atoms with Crippen molar-refractivity contribution >= 4 is 17.3 Å². The Labute approximate surface area is 131 Å². The normalized spacial score (nSPS) is 10.9. The number of halogens is 1. The van der Waals surface area contributed by atoms with Crippen LogP contribution in [0.25, 0.3) is 0 Å². The van der Waals surface area contributed by atoms with Crippen molar-refractivity contribution in [1.29, 1.82) is 0 Å². The Morgan fingerprint density at radius 3 is 2.71 bits per heavy atom. The van der Waals surface area contributed by atoms with Crippen molar-refractivity contribution in [2.45, 2.75) is 33.4 Å². The van der Waals surface area contributed by atoms with E-state index >= 15 is 0 Å². The van der Waals surface area contributed by atoms with Crippen LogP contribution in [0.3, 0.4) is 0 Å². The Bertz CT molecular complexity index is 580. The first-order valence-corrected chi connectivity index (χ1v) is 7.73. The molecule has 1 aromatic carbocycles. The van der Waals surface area contributed by atoms with Crippen molar-refractivity contribution < 1.29 is 4.42 Å². The van der Waals surface area contributed by atoms with Crippen molar-refractivity contribution in [3.63, 3.8) is 0 Å². The van der Waals surface area contributed by atoms with Crippen LogP contribution in [-0.4, -0.2) is 13.6 Å². The zero-order chi connectivity index (χ0) is 15.2. The van der Waals surface area contributed by atoms with Crippen molar-refractivity contribution in [1.82, 2.24) is 5.32 Å². The van der Waals surface area contributed by atoms with E-state index in [2.05, 4.69) is 29.3 Å². The topological polar surface area (TPSA) is 28.4 Å². The molecule has 0 atom stereocenters. The summed E-state index contributed by atoms with van der Waals surface area (Å²) < 4.78 is 5.34. The lowest BCUT2D eigenvalue weighted by molar-refractivity contribution is 0.529. The number of anilines is 1. The highest BCUT2D eigenvalue weighted by molar-refractivity contribution is 6.33. The lowest BCUT2D eigenvalue weighted by atomic mass is 10.1. The highest BCUT2D eigenvalue weighted by Crippen LogP contribution is 2.27. The average Bonchev–Trinajstić information content (AvgIpc) is 2.84. The zero-order valence-electron chi connectivity index (χ0n) is 12.9. The summed E-state index contributed by atoms with van der Waals surface area (Å²) in [7, 11) is 2.04. The maximum atomic E-state index is 6.42. The molecule has 0 unspecified atom stereocenters. The van der Waals surface area contributed by atoms with E-state index in [0.29, 0.717) is 0 Å². The smallest absolute Gasteiger partial charge is 0.105 e. The SMILES string of the molecule is CCCNCc1ccc(N(C)Cc2ccoc2C)c(Cl)c1. The van der Waals surface area contributed by atoms with Crippen molar-refractivity contribution in [3.05, 3.63) is 52.4 Å². The van der Waals surface area contributed by atoms with Crippen LogP contribution in [0.2, 0.25) is 5.02 Å². The molecule has 4 heteroatoms. The molecule has 0 bridgehead atoms. The molecule has 0 amide bonds. The Morgan fingerprint density at radius 2 is 2.10 bits per heavy atom. The van der Waals surface area contributed by atoms with E-state index in [0.717, 1.165) is 42.5 Å². The number of hydrogen-bond donors (Lipinski definition) is 1. The Hall–Kier alpha value is -1.45. The van der Waals surface area contributed by atoms with Crippen LogP contribution in [0.15, 0.2) is 34.9 Å². The molecule has 1 aromatic heterocycles. The fourth-order valence-corrected chi connectivity index (χ4v) is 2.64. The second-order valence-corrected chi connectivity index (χ2v) is 5.73. The van der Waals surface area contributed by atoms with Crippen LogP contribution in [0, 0.1) is 6.92 Å². The van der Waals surface area contributed by atoms with Gasteiger partial charge in [-0.25, -0.2) is 0 Å². The lowest BCUT2D eigenvalue weighted by Crippen LogP contribution is -2.17. The van der Waals surface area contributed by atoms with Gasteiger partial charge in [-0.2, -0.15) is 0 Å². The van der Waals surface area contributed by atoms with E-state index in [-0.39, 0.29) is 0 Å². The molecular weight excluding hydrogens is 284 g/mol. The third-order valence-electron chi connectivity index (χ3n) is 3.55. The summed E-state index contributed by atoms with van der Waals surface area (Å²) >= 11 is 6.42. The minimum atomic E-state index is 0.787. The van der Waals surface area contributed by atoms with E-state index < -0.39 is 0 Å². The summed E-state index contributed by atoms with van der Waals surface area (Å²) in [4.78, 5) is 2.14. The van der Waals surface area contributed by atoms with E-state index in [4.69, 9.17) is 16.0 Å². The van der Waals surface area contributed by atoms with Crippen molar-refractivity contribution in [2.75, 3.05) is 18.5 Å². The molecule has 0 aliphatic carbocycles. The number of benzene rings is 1. The molecule has 0 saturated carbocycles. The first kappa shape index (κ1) is 15.9. The number of furan rings is 1. The fourth-order valence-electron chi connectivity index (χ4n) is 2.30. The van der Waals surface area contributed by atoms with E-state index in [9.17, 15) is 0 Å². The first-order valence-electron chi connectivity index (χ1n) is 7.35. The van der Waals surface area contributed by atoms with Gasteiger partial charge in [-0.15, -0.1) is 0 Å². The summed E-state index contributed by atoms with van der Waals surface area (Å²) in [5, 5.41) is 4.17. The second kappa shape index (κ2) is 7.53. The van der Waals surface area contributed by atoms with Gasteiger partial charge < -0.3 is 14.6 Å². The van der Waals surface area contributed by atoms with Crippen molar-refractivity contribution in [2.24, 2.45) is 0 Å². The van der Waals surface area contributed by atoms with Gasteiger partial charge in [0.15, 0.2) is 0 Å². The number of hydrogen-bond acceptors (Lipinski definition) is 3. The van der Waals surface area contributed by atoms with Crippen LogP contribution < -0.4 is 10.2 Å². The molecule has 0 fully saturated rings. The number of nitrogens with zero attached hydrogens (tertiary/aromatic N) is 1. The van der Waals surface area contributed by atoms with Gasteiger partial charge in [0.2, 0.25) is 0 Å². The number of aryl methyl sites for hydroxylation is 1. The molecule has 0 spiro atoms.